The number of aliphatic carboxylic acids is 1. The zero-order chi connectivity index (χ0) is 17.3. The SMILES string of the molecule is O=C(c1ccc(-c2ccc(Cl)cc2)cc1)C1CCC([S])C1C(=O)O. The van der Waals surface area contributed by atoms with Crippen LogP contribution in [-0.2, 0) is 4.79 Å². The summed E-state index contributed by atoms with van der Waals surface area (Å²) in [6.45, 7) is 0. The summed E-state index contributed by atoms with van der Waals surface area (Å²) in [7, 11) is 0. The fourth-order valence-corrected chi connectivity index (χ4v) is 3.84. The van der Waals surface area contributed by atoms with Gasteiger partial charge < -0.3 is 5.11 Å². The topological polar surface area (TPSA) is 54.4 Å². The number of halogens is 1. The van der Waals surface area contributed by atoms with Gasteiger partial charge in [-0.1, -0.05) is 60.6 Å². The van der Waals surface area contributed by atoms with Crippen LogP contribution in [0.3, 0.4) is 0 Å². The second-order valence-electron chi connectivity index (χ2n) is 6.03. The molecule has 1 aliphatic carbocycles. The normalized spacial score (nSPS) is 23.2. The first-order valence-electron chi connectivity index (χ1n) is 7.76. The first-order valence-corrected chi connectivity index (χ1v) is 8.61. The first kappa shape index (κ1) is 17.1. The quantitative estimate of drug-likeness (QED) is 0.792. The summed E-state index contributed by atoms with van der Waals surface area (Å²) in [5.41, 5.74) is 2.52. The average Bonchev–Trinajstić information content (AvgIpc) is 2.97. The molecule has 2 aromatic carbocycles. The molecule has 0 aromatic heterocycles. The van der Waals surface area contributed by atoms with Crippen molar-refractivity contribution in [3.05, 3.63) is 59.1 Å². The lowest BCUT2D eigenvalue weighted by Crippen LogP contribution is -2.29. The molecule has 1 saturated carbocycles. The van der Waals surface area contributed by atoms with Crippen LogP contribution in [0.25, 0.3) is 11.1 Å². The Hall–Kier alpha value is -1.78. The minimum Gasteiger partial charge on any atom is -0.481 e. The van der Waals surface area contributed by atoms with E-state index in [2.05, 4.69) is 0 Å². The molecule has 0 saturated heterocycles. The summed E-state index contributed by atoms with van der Waals surface area (Å²) in [6, 6.07) is 14.7. The number of carbonyl (C=O) groups excluding carboxylic acids is 1. The third kappa shape index (κ3) is 3.35. The van der Waals surface area contributed by atoms with Crippen molar-refractivity contribution in [1.29, 1.82) is 0 Å². The molecule has 0 aliphatic heterocycles. The Labute approximate surface area is 151 Å². The van der Waals surface area contributed by atoms with E-state index in [0.29, 0.717) is 23.4 Å². The van der Waals surface area contributed by atoms with E-state index in [4.69, 9.17) is 24.2 Å². The summed E-state index contributed by atoms with van der Waals surface area (Å²) in [5, 5.41) is 9.64. The van der Waals surface area contributed by atoms with E-state index >= 15 is 0 Å². The molecule has 123 valence electrons. The Balaban J connectivity index is 1.81. The van der Waals surface area contributed by atoms with Crippen LogP contribution >= 0.6 is 24.2 Å². The van der Waals surface area contributed by atoms with Crippen LogP contribution in [0.2, 0.25) is 5.02 Å². The number of Topliss-reactive ketones (excluding diaryl/α,β-unsaturated/α-hetero) is 1. The molecule has 3 unspecified atom stereocenters. The Bertz CT molecular complexity index is 755. The van der Waals surface area contributed by atoms with Crippen LogP contribution < -0.4 is 0 Å². The predicted molar refractivity (Wildman–Crippen MR) is 96.4 cm³/mol. The van der Waals surface area contributed by atoms with Crippen LogP contribution in [0.4, 0.5) is 0 Å². The van der Waals surface area contributed by atoms with Crippen molar-refractivity contribution >= 4 is 36.0 Å². The molecule has 0 bridgehead atoms. The Kier molecular flexibility index (Phi) is 4.97. The smallest absolute Gasteiger partial charge is 0.308 e. The summed E-state index contributed by atoms with van der Waals surface area (Å²) < 4.78 is 0. The molecule has 0 amide bonds. The summed E-state index contributed by atoms with van der Waals surface area (Å²) in [6.07, 6.45) is 1.15. The van der Waals surface area contributed by atoms with Gasteiger partial charge in [-0.3, -0.25) is 9.59 Å². The highest BCUT2D eigenvalue weighted by Gasteiger charge is 2.43. The Morgan fingerprint density at radius 1 is 0.958 bits per heavy atom. The number of benzene rings is 2. The van der Waals surface area contributed by atoms with Gasteiger partial charge in [0.05, 0.1) is 5.92 Å². The lowest BCUT2D eigenvalue weighted by molar-refractivity contribution is -0.142. The van der Waals surface area contributed by atoms with Gasteiger partial charge in [0, 0.05) is 21.8 Å². The molecule has 1 fully saturated rings. The van der Waals surface area contributed by atoms with E-state index in [1.165, 1.54) is 0 Å². The number of carbonyl (C=O) groups is 2. The van der Waals surface area contributed by atoms with E-state index in [1.807, 2.05) is 36.4 Å². The summed E-state index contributed by atoms with van der Waals surface area (Å²) in [4.78, 5) is 24.1. The number of hydrogen-bond acceptors (Lipinski definition) is 2. The van der Waals surface area contributed by atoms with E-state index in [0.717, 1.165) is 11.1 Å². The molecule has 1 radical (unpaired) electrons. The molecule has 1 aliphatic rings. The Morgan fingerprint density at radius 3 is 2.04 bits per heavy atom. The van der Waals surface area contributed by atoms with E-state index < -0.39 is 17.8 Å². The van der Waals surface area contributed by atoms with Gasteiger partial charge in [0.1, 0.15) is 0 Å². The van der Waals surface area contributed by atoms with E-state index in [1.54, 1.807) is 12.1 Å². The largest absolute Gasteiger partial charge is 0.481 e. The average molecular weight is 360 g/mol. The molecule has 2 aromatic rings. The Morgan fingerprint density at radius 2 is 1.50 bits per heavy atom. The number of ketones is 1. The second-order valence-corrected chi connectivity index (χ2v) is 7.08. The standard InChI is InChI=1S/C19H16ClO3S/c20-14-7-5-12(6-8-14)11-1-3-13(4-2-11)18(21)15-9-10-16(24)17(15)19(22)23/h1-8,15-17H,9-10H2,(H,22,23). The zero-order valence-corrected chi connectivity index (χ0v) is 14.4. The number of carboxylic acids is 1. The van der Waals surface area contributed by atoms with Gasteiger partial charge >= 0.3 is 5.97 Å². The zero-order valence-electron chi connectivity index (χ0n) is 12.8. The van der Waals surface area contributed by atoms with Crippen LogP contribution in [-0.4, -0.2) is 22.1 Å². The van der Waals surface area contributed by atoms with Crippen LogP contribution in [0, 0.1) is 11.8 Å². The van der Waals surface area contributed by atoms with Crippen LogP contribution in [0.5, 0.6) is 0 Å². The molecule has 0 heterocycles. The summed E-state index contributed by atoms with van der Waals surface area (Å²) >= 11 is 11.1. The third-order valence-electron chi connectivity index (χ3n) is 4.57. The minimum absolute atomic E-state index is 0.127. The first-order chi connectivity index (χ1) is 11.5. The molecule has 0 spiro atoms. The monoisotopic (exact) mass is 359 g/mol. The van der Waals surface area contributed by atoms with Gasteiger partial charge in [-0.2, -0.15) is 0 Å². The van der Waals surface area contributed by atoms with Crippen molar-refractivity contribution in [3.63, 3.8) is 0 Å². The van der Waals surface area contributed by atoms with Crippen molar-refractivity contribution in [1.82, 2.24) is 0 Å². The maximum atomic E-state index is 12.7. The lowest BCUT2D eigenvalue weighted by Gasteiger charge is -2.16. The number of rotatable bonds is 4. The molecular formula is C19H16ClO3S. The summed E-state index contributed by atoms with van der Waals surface area (Å²) in [5.74, 6) is -2.38. The molecular weight excluding hydrogens is 344 g/mol. The maximum absolute atomic E-state index is 12.7. The van der Waals surface area contributed by atoms with Crippen molar-refractivity contribution in [3.8, 4) is 11.1 Å². The molecule has 1 N–H and O–H groups in total. The van der Waals surface area contributed by atoms with E-state index in [-0.39, 0.29) is 11.0 Å². The highest BCUT2D eigenvalue weighted by molar-refractivity contribution is 7.81. The van der Waals surface area contributed by atoms with Crippen LogP contribution in [0.1, 0.15) is 23.2 Å². The van der Waals surface area contributed by atoms with Crippen LogP contribution in [0.15, 0.2) is 48.5 Å². The minimum atomic E-state index is -0.969. The van der Waals surface area contributed by atoms with Crippen molar-refractivity contribution in [2.75, 3.05) is 0 Å². The molecule has 3 atom stereocenters. The highest BCUT2D eigenvalue weighted by Crippen LogP contribution is 2.38. The van der Waals surface area contributed by atoms with Gasteiger partial charge in [0.15, 0.2) is 5.78 Å². The van der Waals surface area contributed by atoms with Gasteiger partial charge in [-0.25, -0.2) is 0 Å². The number of hydrogen-bond donors (Lipinski definition) is 1. The second kappa shape index (κ2) is 6.99. The van der Waals surface area contributed by atoms with Crippen molar-refractivity contribution in [2.45, 2.75) is 18.1 Å². The highest BCUT2D eigenvalue weighted by atomic mass is 35.5. The number of carboxylic acid groups (broad SMARTS) is 1. The van der Waals surface area contributed by atoms with Gasteiger partial charge in [-0.15, -0.1) is 0 Å². The predicted octanol–water partition coefficient (Wildman–Crippen LogP) is 4.87. The molecule has 3 rings (SSSR count). The van der Waals surface area contributed by atoms with Crippen molar-refractivity contribution in [2.24, 2.45) is 11.8 Å². The molecule has 3 nitrogen and oxygen atoms in total. The fourth-order valence-electron chi connectivity index (χ4n) is 3.27. The van der Waals surface area contributed by atoms with E-state index in [9.17, 15) is 14.7 Å². The third-order valence-corrected chi connectivity index (χ3v) is 5.35. The van der Waals surface area contributed by atoms with Gasteiger partial charge in [-0.05, 0) is 36.1 Å². The van der Waals surface area contributed by atoms with Gasteiger partial charge in [0.25, 0.3) is 0 Å². The molecule has 24 heavy (non-hydrogen) atoms. The van der Waals surface area contributed by atoms with Gasteiger partial charge in [0.2, 0.25) is 0 Å². The maximum Gasteiger partial charge on any atom is 0.308 e. The lowest BCUT2D eigenvalue weighted by atomic mass is 9.88. The van der Waals surface area contributed by atoms with Crippen molar-refractivity contribution < 1.29 is 14.7 Å². The fraction of sp³-hybridized carbons (Fsp3) is 0.263. The molecule has 5 heteroatoms.